The second-order valence-electron chi connectivity index (χ2n) is 5.52. The van der Waals surface area contributed by atoms with Gasteiger partial charge in [0.2, 0.25) is 0 Å². The van der Waals surface area contributed by atoms with E-state index in [2.05, 4.69) is 0 Å². The summed E-state index contributed by atoms with van der Waals surface area (Å²) >= 11 is 1.53. The van der Waals surface area contributed by atoms with Gasteiger partial charge in [-0.25, -0.2) is 9.59 Å². The Kier molecular flexibility index (Phi) is 4.60. The number of rotatable bonds is 3. The molecule has 1 aliphatic heterocycles. The average molecular weight is 287 g/mol. The monoisotopic (exact) mass is 287 g/mol. The molecule has 0 aromatic carbocycles. The van der Waals surface area contributed by atoms with E-state index in [1.54, 1.807) is 0 Å². The Labute approximate surface area is 117 Å². The molecule has 1 saturated carbocycles. The predicted molar refractivity (Wildman–Crippen MR) is 73.1 cm³/mol. The van der Waals surface area contributed by atoms with Crippen molar-refractivity contribution in [2.24, 2.45) is 5.92 Å². The summed E-state index contributed by atoms with van der Waals surface area (Å²) < 4.78 is 5.47. The summed E-state index contributed by atoms with van der Waals surface area (Å²) in [6, 6.07) is -0.758. The van der Waals surface area contributed by atoms with Crippen LogP contribution < -0.4 is 0 Å². The number of ether oxygens (including phenoxy) is 1. The second kappa shape index (κ2) is 6.03. The van der Waals surface area contributed by atoms with Gasteiger partial charge in [-0.05, 0) is 31.6 Å². The minimum Gasteiger partial charge on any atom is -0.480 e. The number of nitrogens with zero attached hydrogens (tertiary/aromatic N) is 1. The van der Waals surface area contributed by atoms with Crippen molar-refractivity contribution in [2.75, 3.05) is 5.75 Å². The lowest BCUT2D eigenvalue weighted by atomic mass is 10.2. The Balaban J connectivity index is 2.06. The number of hydrogen-bond acceptors (Lipinski definition) is 4. The first-order valence-corrected chi connectivity index (χ1v) is 7.89. The van der Waals surface area contributed by atoms with Gasteiger partial charge in [0, 0.05) is 5.75 Å². The fraction of sp³-hybridized carbons (Fsp3) is 0.846. The minimum atomic E-state index is -0.945. The standard InChI is InChI=1S/C13H21NO4S/c1-8(2)11-14(10(7-19-11)12(15)16)13(17)18-9-5-3-4-6-9/h8-11H,3-7H2,1-2H3,(H,15,16). The molecule has 0 radical (unpaired) electrons. The number of hydrogen-bond donors (Lipinski definition) is 1. The number of thioether (sulfide) groups is 1. The van der Waals surface area contributed by atoms with E-state index in [-0.39, 0.29) is 17.4 Å². The van der Waals surface area contributed by atoms with E-state index in [9.17, 15) is 14.7 Å². The molecule has 0 aromatic heterocycles. The molecular weight excluding hydrogens is 266 g/mol. The molecule has 2 rings (SSSR count). The molecule has 2 aliphatic rings. The van der Waals surface area contributed by atoms with Gasteiger partial charge in [0.15, 0.2) is 0 Å². The zero-order valence-corrected chi connectivity index (χ0v) is 12.2. The van der Waals surface area contributed by atoms with E-state index in [0.29, 0.717) is 5.75 Å². The van der Waals surface area contributed by atoms with Gasteiger partial charge in [-0.15, -0.1) is 11.8 Å². The molecule has 2 unspecified atom stereocenters. The number of carboxylic acid groups (broad SMARTS) is 1. The van der Waals surface area contributed by atoms with E-state index >= 15 is 0 Å². The van der Waals surface area contributed by atoms with Crippen LogP contribution in [0.25, 0.3) is 0 Å². The van der Waals surface area contributed by atoms with Crippen LogP contribution >= 0.6 is 11.8 Å². The maximum absolute atomic E-state index is 12.3. The highest BCUT2D eigenvalue weighted by Crippen LogP contribution is 2.35. The van der Waals surface area contributed by atoms with Crippen LogP contribution in [0.5, 0.6) is 0 Å². The van der Waals surface area contributed by atoms with Crippen LogP contribution in [0, 0.1) is 5.92 Å². The Bertz CT molecular complexity index is 355. The van der Waals surface area contributed by atoms with Gasteiger partial charge in [-0.3, -0.25) is 4.90 Å². The van der Waals surface area contributed by atoms with Crippen molar-refractivity contribution >= 4 is 23.8 Å². The molecular formula is C13H21NO4S. The molecule has 1 N–H and O–H groups in total. The van der Waals surface area contributed by atoms with Crippen molar-refractivity contribution in [3.05, 3.63) is 0 Å². The van der Waals surface area contributed by atoms with Gasteiger partial charge in [-0.2, -0.15) is 0 Å². The lowest BCUT2D eigenvalue weighted by molar-refractivity contribution is -0.142. The molecule has 2 fully saturated rings. The Morgan fingerprint density at radius 2 is 1.95 bits per heavy atom. The summed E-state index contributed by atoms with van der Waals surface area (Å²) in [5, 5.41) is 9.13. The third kappa shape index (κ3) is 3.16. The van der Waals surface area contributed by atoms with Crippen LogP contribution in [-0.2, 0) is 9.53 Å². The molecule has 5 nitrogen and oxygen atoms in total. The summed E-state index contributed by atoms with van der Waals surface area (Å²) in [5.41, 5.74) is 0. The normalized spacial score (nSPS) is 28.1. The van der Waals surface area contributed by atoms with Gasteiger partial charge in [0.1, 0.15) is 12.1 Å². The summed E-state index contributed by atoms with van der Waals surface area (Å²) in [5.74, 6) is -0.290. The number of amides is 1. The SMILES string of the molecule is CC(C)C1SCC(C(=O)O)N1C(=O)OC1CCCC1. The maximum Gasteiger partial charge on any atom is 0.411 e. The fourth-order valence-electron chi connectivity index (χ4n) is 2.67. The van der Waals surface area contributed by atoms with Gasteiger partial charge in [0.25, 0.3) is 0 Å². The molecule has 6 heteroatoms. The smallest absolute Gasteiger partial charge is 0.411 e. The lowest BCUT2D eigenvalue weighted by Crippen LogP contribution is -2.48. The van der Waals surface area contributed by atoms with E-state index < -0.39 is 18.1 Å². The maximum atomic E-state index is 12.3. The molecule has 1 aliphatic carbocycles. The first-order chi connectivity index (χ1) is 9.00. The third-order valence-corrected chi connectivity index (χ3v) is 5.29. The van der Waals surface area contributed by atoms with E-state index in [1.807, 2.05) is 13.8 Å². The van der Waals surface area contributed by atoms with Crippen molar-refractivity contribution in [2.45, 2.75) is 57.1 Å². The number of aliphatic carboxylic acids is 1. The zero-order valence-electron chi connectivity index (χ0n) is 11.4. The predicted octanol–water partition coefficient (Wildman–Crippen LogP) is 2.55. The summed E-state index contributed by atoms with van der Waals surface area (Å²) in [7, 11) is 0. The topological polar surface area (TPSA) is 66.8 Å². The van der Waals surface area contributed by atoms with Crippen LogP contribution in [-0.4, -0.2) is 45.3 Å². The number of carboxylic acids is 1. The number of carbonyl (C=O) groups is 2. The first-order valence-electron chi connectivity index (χ1n) is 6.84. The third-order valence-electron chi connectivity index (χ3n) is 3.67. The molecule has 1 heterocycles. The molecule has 1 amide bonds. The minimum absolute atomic E-state index is 0.0274. The summed E-state index contributed by atoms with van der Waals surface area (Å²) in [6.07, 6.45) is 3.49. The highest BCUT2D eigenvalue weighted by molar-refractivity contribution is 8.00. The van der Waals surface area contributed by atoms with Crippen molar-refractivity contribution in [3.63, 3.8) is 0 Å². The van der Waals surface area contributed by atoms with Crippen LogP contribution in [0.4, 0.5) is 4.79 Å². The molecule has 19 heavy (non-hydrogen) atoms. The molecule has 1 saturated heterocycles. The average Bonchev–Trinajstić information content (AvgIpc) is 2.95. The van der Waals surface area contributed by atoms with E-state index in [0.717, 1.165) is 25.7 Å². The Morgan fingerprint density at radius 1 is 1.32 bits per heavy atom. The van der Waals surface area contributed by atoms with Gasteiger partial charge >= 0.3 is 12.1 Å². The quantitative estimate of drug-likeness (QED) is 0.864. The largest absolute Gasteiger partial charge is 0.480 e. The highest BCUT2D eigenvalue weighted by Gasteiger charge is 2.44. The Morgan fingerprint density at radius 3 is 2.47 bits per heavy atom. The lowest BCUT2D eigenvalue weighted by Gasteiger charge is -2.29. The molecule has 0 aromatic rings. The molecule has 108 valence electrons. The molecule has 0 bridgehead atoms. The zero-order chi connectivity index (χ0) is 14.0. The summed E-state index contributed by atoms with van der Waals surface area (Å²) in [6.45, 7) is 4.00. The van der Waals surface area contributed by atoms with E-state index in [4.69, 9.17) is 4.74 Å². The van der Waals surface area contributed by atoms with Crippen molar-refractivity contribution in [1.29, 1.82) is 0 Å². The Hall–Kier alpha value is -0.910. The fourth-order valence-corrected chi connectivity index (χ4v) is 4.13. The van der Waals surface area contributed by atoms with Gasteiger partial charge in [0.05, 0.1) is 5.37 Å². The van der Waals surface area contributed by atoms with Crippen LogP contribution in [0.1, 0.15) is 39.5 Å². The van der Waals surface area contributed by atoms with Gasteiger partial charge < -0.3 is 9.84 Å². The van der Waals surface area contributed by atoms with Crippen LogP contribution in [0.15, 0.2) is 0 Å². The highest BCUT2D eigenvalue weighted by atomic mass is 32.2. The molecule has 0 spiro atoms. The van der Waals surface area contributed by atoms with Crippen LogP contribution in [0.3, 0.4) is 0 Å². The first kappa shape index (κ1) is 14.5. The number of carbonyl (C=O) groups excluding carboxylic acids is 1. The van der Waals surface area contributed by atoms with Crippen molar-refractivity contribution in [3.8, 4) is 0 Å². The second-order valence-corrected chi connectivity index (χ2v) is 6.67. The molecule has 2 atom stereocenters. The van der Waals surface area contributed by atoms with Crippen molar-refractivity contribution < 1.29 is 19.4 Å². The van der Waals surface area contributed by atoms with Crippen LogP contribution in [0.2, 0.25) is 0 Å². The van der Waals surface area contributed by atoms with E-state index in [1.165, 1.54) is 16.7 Å². The summed E-state index contributed by atoms with van der Waals surface area (Å²) in [4.78, 5) is 24.9. The van der Waals surface area contributed by atoms with Crippen molar-refractivity contribution in [1.82, 2.24) is 4.90 Å². The van der Waals surface area contributed by atoms with Gasteiger partial charge in [-0.1, -0.05) is 13.8 Å².